The van der Waals surface area contributed by atoms with E-state index in [2.05, 4.69) is 47.6 Å². The van der Waals surface area contributed by atoms with Gasteiger partial charge in [0.05, 0.1) is 6.61 Å². The number of halogens is 1. The van der Waals surface area contributed by atoms with Crippen molar-refractivity contribution >= 4 is 27.7 Å². The van der Waals surface area contributed by atoms with Gasteiger partial charge in [0.1, 0.15) is 12.4 Å². The standard InChI is InChI=1S/C26H34BrN3O4/c1-25(2,3)13-14-28-30-24(32)26(17-19-5-9-21(27)10-6-19)18-34-23(29-26)20-7-11-22(12-8-20)33-16-4-15-31/h5-12,28,31H,4,13-18H2,1-3H3,(H,30,32)/t26-/m0/s1. The van der Waals surface area contributed by atoms with Gasteiger partial charge >= 0.3 is 0 Å². The molecule has 0 radical (unpaired) electrons. The maximum atomic E-state index is 13.3. The molecule has 0 fully saturated rings. The first kappa shape index (κ1) is 26.2. The van der Waals surface area contributed by atoms with Crippen molar-refractivity contribution in [2.24, 2.45) is 10.4 Å². The molecule has 34 heavy (non-hydrogen) atoms. The Bertz CT molecular complexity index is 971. The van der Waals surface area contributed by atoms with Crippen molar-refractivity contribution in [3.8, 4) is 5.75 Å². The Morgan fingerprint density at radius 1 is 1.18 bits per heavy atom. The molecule has 1 amide bonds. The molecule has 1 aliphatic rings. The molecule has 3 rings (SSSR count). The molecule has 0 aromatic heterocycles. The average molecular weight is 532 g/mol. The van der Waals surface area contributed by atoms with Gasteiger partial charge in [-0.2, -0.15) is 0 Å². The number of amides is 1. The fourth-order valence-electron chi connectivity index (χ4n) is 3.47. The number of benzene rings is 2. The smallest absolute Gasteiger partial charge is 0.266 e. The number of hydrazine groups is 1. The molecule has 1 aliphatic heterocycles. The summed E-state index contributed by atoms with van der Waals surface area (Å²) >= 11 is 3.46. The lowest BCUT2D eigenvalue weighted by Crippen LogP contribution is -2.53. The van der Waals surface area contributed by atoms with Crippen LogP contribution in [0, 0.1) is 5.41 Å². The largest absolute Gasteiger partial charge is 0.494 e. The van der Waals surface area contributed by atoms with Crippen molar-refractivity contribution in [1.29, 1.82) is 0 Å². The Kier molecular flexibility index (Phi) is 9.10. The Hall–Kier alpha value is -2.42. The maximum absolute atomic E-state index is 13.3. The van der Waals surface area contributed by atoms with Gasteiger partial charge in [0.25, 0.3) is 5.91 Å². The highest BCUT2D eigenvalue weighted by molar-refractivity contribution is 9.10. The number of aliphatic imine (C=N–C) groups is 1. The molecule has 1 heterocycles. The molecular weight excluding hydrogens is 498 g/mol. The number of rotatable bonds is 11. The average Bonchev–Trinajstić information content (AvgIpc) is 3.23. The van der Waals surface area contributed by atoms with Crippen molar-refractivity contribution in [3.05, 3.63) is 64.1 Å². The van der Waals surface area contributed by atoms with Crippen molar-refractivity contribution in [1.82, 2.24) is 10.9 Å². The predicted octanol–water partition coefficient (Wildman–Crippen LogP) is 4.03. The van der Waals surface area contributed by atoms with E-state index in [0.29, 0.717) is 37.6 Å². The highest BCUT2D eigenvalue weighted by Crippen LogP contribution is 2.28. The van der Waals surface area contributed by atoms with Gasteiger partial charge in [-0.3, -0.25) is 10.2 Å². The van der Waals surface area contributed by atoms with E-state index in [9.17, 15) is 4.79 Å². The molecule has 2 aromatic carbocycles. The normalized spacial score (nSPS) is 17.7. The molecule has 3 N–H and O–H groups in total. The number of hydrogen-bond donors (Lipinski definition) is 3. The minimum atomic E-state index is -1.08. The summed E-state index contributed by atoms with van der Waals surface area (Å²) < 4.78 is 12.5. The topological polar surface area (TPSA) is 92.2 Å². The van der Waals surface area contributed by atoms with Crippen LogP contribution < -0.4 is 15.6 Å². The second-order valence-electron chi connectivity index (χ2n) is 9.68. The van der Waals surface area contributed by atoms with Gasteiger partial charge in [-0.05, 0) is 53.8 Å². The Morgan fingerprint density at radius 3 is 2.53 bits per heavy atom. The Balaban J connectivity index is 1.76. The molecule has 1 atom stereocenters. The van der Waals surface area contributed by atoms with E-state index in [1.807, 2.05) is 48.5 Å². The summed E-state index contributed by atoms with van der Waals surface area (Å²) in [5.41, 5.74) is 6.78. The fourth-order valence-corrected chi connectivity index (χ4v) is 3.73. The molecule has 8 heteroatoms. The van der Waals surface area contributed by atoms with E-state index in [-0.39, 0.29) is 24.5 Å². The van der Waals surface area contributed by atoms with E-state index >= 15 is 0 Å². The molecule has 0 spiro atoms. The number of nitrogens with one attached hydrogen (secondary N) is 2. The highest BCUT2D eigenvalue weighted by atomic mass is 79.9. The number of ether oxygens (including phenoxy) is 2. The van der Waals surface area contributed by atoms with Crippen LogP contribution in [0.25, 0.3) is 0 Å². The van der Waals surface area contributed by atoms with Gasteiger partial charge in [-0.1, -0.05) is 48.8 Å². The first-order valence-electron chi connectivity index (χ1n) is 11.6. The maximum Gasteiger partial charge on any atom is 0.266 e. The van der Waals surface area contributed by atoms with Crippen molar-refractivity contribution < 1.29 is 19.4 Å². The van der Waals surface area contributed by atoms with E-state index in [0.717, 1.165) is 22.0 Å². The van der Waals surface area contributed by atoms with Crippen LogP contribution >= 0.6 is 15.9 Å². The van der Waals surface area contributed by atoms with E-state index in [1.165, 1.54) is 0 Å². The van der Waals surface area contributed by atoms with Crippen molar-refractivity contribution in [2.45, 2.75) is 45.6 Å². The third-order valence-electron chi connectivity index (χ3n) is 5.47. The highest BCUT2D eigenvalue weighted by Gasteiger charge is 2.44. The van der Waals surface area contributed by atoms with Crippen LogP contribution in [-0.2, 0) is 16.0 Å². The van der Waals surface area contributed by atoms with Gasteiger partial charge in [-0.15, -0.1) is 0 Å². The minimum absolute atomic E-state index is 0.0936. The van der Waals surface area contributed by atoms with E-state index in [4.69, 9.17) is 19.6 Å². The number of hydrogen-bond acceptors (Lipinski definition) is 6. The van der Waals surface area contributed by atoms with Crippen LogP contribution in [0.15, 0.2) is 58.0 Å². The van der Waals surface area contributed by atoms with Gasteiger partial charge in [0.2, 0.25) is 5.90 Å². The zero-order valence-electron chi connectivity index (χ0n) is 20.1. The number of carbonyl (C=O) groups excluding carboxylic acids is 1. The lowest BCUT2D eigenvalue weighted by atomic mass is 9.91. The summed E-state index contributed by atoms with van der Waals surface area (Å²) in [5, 5.41) is 8.90. The third kappa shape index (κ3) is 7.55. The number of aliphatic hydroxyl groups is 1. The number of aliphatic hydroxyl groups excluding tert-OH is 1. The molecular formula is C26H34BrN3O4. The zero-order chi connectivity index (χ0) is 24.6. The molecule has 0 saturated carbocycles. The second-order valence-corrected chi connectivity index (χ2v) is 10.6. The van der Waals surface area contributed by atoms with Gasteiger partial charge in [0, 0.05) is 36.0 Å². The Labute approximate surface area is 210 Å². The quantitative estimate of drug-likeness (QED) is 0.300. The molecule has 7 nitrogen and oxygen atoms in total. The van der Waals surface area contributed by atoms with E-state index < -0.39 is 5.54 Å². The minimum Gasteiger partial charge on any atom is -0.494 e. The second kappa shape index (κ2) is 11.8. The summed E-state index contributed by atoms with van der Waals surface area (Å²) in [6.45, 7) is 7.85. The monoisotopic (exact) mass is 531 g/mol. The van der Waals surface area contributed by atoms with Crippen LogP contribution in [0.4, 0.5) is 0 Å². The SMILES string of the molecule is CC(C)(C)CCNNC(=O)[C@]1(Cc2ccc(Br)cc2)COC(c2ccc(OCCCO)cc2)=N1. The van der Waals surface area contributed by atoms with Crippen LogP contribution in [0.5, 0.6) is 5.75 Å². The summed E-state index contributed by atoms with van der Waals surface area (Å²) in [4.78, 5) is 18.1. The molecule has 2 aromatic rings. The molecule has 0 saturated heterocycles. The predicted molar refractivity (Wildman–Crippen MR) is 137 cm³/mol. The van der Waals surface area contributed by atoms with Gasteiger partial charge in [0.15, 0.2) is 5.54 Å². The summed E-state index contributed by atoms with van der Waals surface area (Å²) in [5.74, 6) is 0.921. The fraction of sp³-hybridized carbons (Fsp3) is 0.462. The van der Waals surface area contributed by atoms with Crippen LogP contribution in [0.1, 0.15) is 44.7 Å². The number of carbonyl (C=O) groups is 1. The first-order valence-corrected chi connectivity index (χ1v) is 12.3. The molecule has 0 aliphatic carbocycles. The molecule has 0 bridgehead atoms. The van der Waals surface area contributed by atoms with Crippen molar-refractivity contribution in [3.63, 3.8) is 0 Å². The number of nitrogens with zero attached hydrogens (tertiary/aromatic N) is 1. The van der Waals surface area contributed by atoms with Gasteiger partial charge in [-0.25, -0.2) is 10.4 Å². The van der Waals surface area contributed by atoms with E-state index in [1.54, 1.807) is 0 Å². The lowest BCUT2D eigenvalue weighted by Gasteiger charge is -2.24. The molecule has 184 valence electrons. The Morgan fingerprint density at radius 2 is 1.88 bits per heavy atom. The van der Waals surface area contributed by atoms with Crippen LogP contribution in [0.3, 0.4) is 0 Å². The summed E-state index contributed by atoms with van der Waals surface area (Å²) in [6.07, 6.45) is 1.92. The summed E-state index contributed by atoms with van der Waals surface area (Å²) in [7, 11) is 0. The zero-order valence-corrected chi connectivity index (χ0v) is 21.7. The van der Waals surface area contributed by atoms with Gasteiger partial charge < -0.3 is 14.6 Å². The third-order valence-corrected chi connectivity index (χ3v) is 6.00. The summed E-state index contributed by atoms with van der Waals surface area (Å²) in [6, 6.07) is 15.3. The first-order chi connectivity index (χ1) is 16.2. The van der Waals surface area contributed by atoms with Crippen molar-refractivity contribution in [2.75, 3.05) is 26.4 Å². The van der Waals surface area contributed by atoms with Crippen LogP contribution in [-0.4, -0.2) is 48.8 Å². The van der Waals surface area contributed by atoms with Crippen LogP contribution in [0.2, 0.25) is 0 Å². The molecule has 0 unspecified atom stereocenters. The lowest BCUT2D eigenvalue weighted by molar-refractivity contribution is -0.127.